The molecule has 1 aromatic carbocycles. The molecule has 4 nitrogen and oxygen atoms in total. The second kappa shape index (κ2) is 5.05. The quantitative estimate of drug-likeness (QED) is 0.844. The summed E-state index contributed by atoms with van der Waals surface area (Å²) < 4.78 is 39.6. The molecule has 0 spiro atoms. The van der Waals surface area contributed by atoms with E-state index in [2.05, 4.69) is 4.72 Å². The molecule has 96 valence electrons. The molecule has 0 atom stereocenters. The molecule has 0 fully saturated rings. The molecule has 2 rings (SSSR count). The van der Waals surface area contributed by atoms with Crippen LogP contribution in [0, 0.1) is 5.82 Å². The molecule has 0 bridgehead atoms. The van der Waals surface area contributed by atoms with Gasteiger partial charge in [-0.1, -0.05) is 0 Å². The molecule has 0 amide bonds. The second-order valence-corrected chi connectivity index (χ2v) is 6.16. The normalized spacial score (nSPS) is 11.6. The molecule has 18 heavy (non-hydrogen) atoms. The molecule has 0 unspecified atom stereocenters. The van der Waals surface area contributed by atoms with Crippen LogP contribution in [0.2, 0.25) is 0 Å². The lowest BCUT2D eigenvalue weighted by atomic mass is 10.3. The number of anilines is 1. The van der Waals surface area contributed by atoms with Crippen molar-refractivity contribution in [3.8, 4) is 0 Å². The van der Waals surface area contributed by atoms with Gasteiger partial charge in [-0.05, 0) is 40.6 Å². The van der Waals surface area contributed by atoms with Gasteiger partial charge in [0.1, 0.15) is 10.7 Å². The van der Waals surface area contributed by atoms with Gasteiger partial charge in [0.2, 0.25) is 10.0 Å². The van der Waals surface area contributed by atoms with E-state index < -0.39 is 20.7 Å². The van der Waals surface area contributed by atoms with Crippen LogP contribution in [0.15, 0.2) is 39.9 Å². The van der Waals surface area contributed by atoms with Crippen LogP contribution in [-0.4, -0.2) is 8.42 Å². The number of nitrogens with two attached hydrogens (primary N) is 1. The highest BCUT2D eigenvalue weighted by atomic mass is 32.2. The number of thiophene rings is 1. The predicted molar refractivity (Wildman–Crippen MR) is 69.2 cm³/mol. The highest BCUT2D eigenvalue weighted by Gasteiger charge is 2.18. The zero-order valence-corrected chi connectivity index (χ0v) is 10.9. The van der Waals surface area contributed by atoms with Gasteiger partial charge in [-0.25, -0.2) is 17.5 Å². The maximum atomic E-state index is 13.5. The van der Waals surface area contributed by atoms with Crippen molar-refractivity contribution in [1.82, 2.24) is 4.72 Å². The Hall–Kier alpha value is -1.44. The Morgan fingerprint density at radius 3 is 2.78 bits per heavy atom. The van der Waals surface area contributed by atoms with Crippen LogP contribution in [0.5, 0.6) is 0 Å². The van der Waals surface area contributed by atoms with Gasteiger partial charge in [-0.2, -0.15) is 11.3 Å². The molecule has 0 aliphatic heterocycles. The smallest absolute Gasteiger partial charge is 0.243 e. The third-order valence-electron chi connectivity index (χ3n) is 2.29. The molecule has 1 heterocycles. The molecule has 7 heteroatoms. The van der Waals surface area contributed by atoms with Crippen LogP contribution >= 0.6 is 11.3 Å². The van der Waals surface area contributed by atoms with E-state index in [0.717, 1.165) is 17.7 Å². The minimum absolute atomic E-state index is 0.125. The highest BCUT2D eigenvalue weighted by Crippen LogP contribution is 2.18. The maximum Gasteiger partial charge on any atom is 0.243 e. The fourth-order valence-corrected chi connectivity index (χ4v) is 3.17. The lowest BCUT2D eigenvalue weighted by Crippen LogP contribution is -2.24. The van der Waals surface area contributed by atoms with Crippen LogP contribution in [0.1, 0.15) is 5.56 Å². The minimum atomic E-state index is -3.89. The summed E-state index contributed by atoms with van der Waals surface area (Å²) in [5.74, 6) is -0.818. The van der Waals surface area contributed by atoms with E-state index in [1.807, 2.05) is 10.8 Å². The summed E-state index contributed by atoms with van der Waals surface area (Å²) in [6.07, 6.45) is 0. The number of nitrogen functional groups attached to an aromatic ring is 1. The van der Waals surface area contributed by atoms with Crippen LogP contribution in [0.3, 0.4) is 0 Å². The predicted octanol–water partition coefficient (Wildman–Crippen LogP) is 1.95. The van der Waals surface area contributed by atoms with Crippen molar-refractivity contribution in [3.05, 3.63) is 46.4 Å². The zero-order valence-electron chi connectivity index (χ0n) is 9.26. The van der Waals surface area contributed by atoms with E-state index in [-0.39, 0.29) is 12.2 Å². The van der Waals surface area contributed by atoms with Gasteiger partial charge >= 0.3 is 0 Å². The third-order valence-corrected chi connectivity index (χ3v) is 4.44. The molecular weight excluding hydrogens is 275 g/mol. The van der Waals surface area contributed by atoms with Gasteiger partial charge < -0.3 is 5.73 Å². The average molecular weight is 286 g/mol. The van der Waals surface area contributed by atoms with Gasteiger partial charge in [-0.15, -0.1) is 0 Å². The number of benzene rings is 1. The Morgan fingerprint density at radius 2 is 2.11 bits per heavy atom. The SMILES string of the molecule is Nc1ccc(F)c(S(=O)(=O)NCc2ccsc2)c1. The van der Waals surface area contributed by atoms with E-state index in [1.54, 1.807) is 6.07 Å². The summed E-state index contributed by atoms with van der Waals surface area (Å²) in [6.45, 7) is 0.125. The highest BCUT2D eigenvalue weighted by molar-refractivity contribution is 7.89. The summed E-state index contributed by atoms with van der Waals surface area (Å²) in [5.41, 5.74) is 6.49. The van der Waals surface area contributed by atoms with Gasteiger partial charge in [0, 0.05) is 12.2 Å². The van der Waals surface area contributed by atoms with Gasteiger partial charge in [0.15, 0.2) is 0 Å². The molecule has 1 aromatic heterocycles. The van der Waals surface area contributed by atoms with Crippen molar-refractivity contribution in [3.63, 3.8) is 0 Å². The molecule has 3 N–H and O–H groups in total. The first kappa shape index (κ1) is 13.0. The van der Waals surface area contributed by atoms with Crippen LogP contribution in [0.25, 0.3) is 0 Å². The standard InChI is InChI=1S/C11H11FN2O2S2/c12-10-2-1-9(13)5-11(10)18(15,16)14-6-8-3-4-17-7-8/h1-5,7,14H,6,13H2. The Kier molecular flexibility index (Phi) is 3.65. The van der Waals surface area contributed by atoms with Crippen LogP contribution in [0.4, 0.5) is 10.1 Å². The fourth-order valence-electron chi connectivity index (χ4n) is 1.38. The topological polar surface area (TPSA) is 72.2 Å². The summed E-state index contributed by atoms with van der Waals surface area (Å²) >= 11 is 1.46. The lowest BCUT2D eigenvalue weighted by Gasteiger charge is -2.07. The molecule has 0 aliphatic carbocycles. The first-order chi connectivity index (χ1) is 8.49. The average Bonchev–Trinajstić information content (AvgIpc) is 2.83. The van der Waals surface area contributed by atoms with Crippen molar-refractivity contribution in [2.45, 2.75) is 11.4 Å². The zero-order chi connectivity index (χ0) is 13.2. The van der Waals surface area contributed by atoms with Gasteiger partial charge in [0.25, 0.3) is 0 Å². The number of nitrogens with one attached hydrogen (secondary N) is 1. The summed E-state index contributed by atoms with van der Waals surface area (Å²) in [6, 6.07) is 5.25. The monoisotopic (exact) mass is 286 g/mol. The van der Waals surface area contributed by atoms with Crippen LogP contribution < -0.4 is 10.5 Å². The van der Waals surface area contributed by atoms with E-state index in [9.17, 15) is 12.8 Å². The second-order valence-electron chi connectivity index (χ2n) is 3.65. The number of hydrogen-bond donors (Lipinski definition) is 2. The van der Waals surface area contributed by atoms with E-state index in [1.165, 1.54) is 17.4 Å². The fraction of sp³-hybridized carbons (Fsp3) is 0.0909. The molecule has 0 radical (unpaired) electrons. The van der Waals surface area contributed by atoms with Crippen molar-refractivity contribution < 1.29 is 12.8 Å². The Morgan fingerprint density at radius 1 is 1.33 bits per heavy atom. The molecular formula is C11H11FN2O2S2. The van der Waals surface area contributed by atoms with Gasteiger partial charge in [-0.3, -0.25) is 0 Å². The first-order valence-corrected chi connectivity index (χ1v) is 7.47. The van der Waals surface area contributed by atoms with Crippen molar-refractivity contribution in [2.24, 2.45) is 0 Å². The van der Waals surface area contributed by atoms with Crippen molar-refractivity contribution in [1.29, 1.82) is 0 Å². The van der Waals surface area contributed by atoms with Crippen molar-refractivity contribution >= 4 is 27.0 Å². The Labute approximate surface area is 108 Å². The van der Waals surface area contributed by atoms with Gasteiger partial charge in [0.05, 0.1) is 0 Å². The summed E-state index contributed by atoms with van der Waals surface area (Å²) in [5, 5.41) is 3.66. The number of halogens is 1. The van der Waals surface area contributed by atoms with E-state index in [0.29, 0.717) is 0 Å². The molecule has 0 aliphatic rings. The molecule has 2 aromatic rings. The first-order valence-electron chi connectivity index (χ1n) is 5.05. The summed E-state index contributed by atoms with van der Waals surface area (Å²) in [7, 11) is -3.89. The largest absolute Gasteiger partial charge is 0.399 e. The van der Waals surface area contributed by atoms with E-state index >= 15 is 0 Å². The molecule has 0 saturated heterocycles. The Balaban J connectivity index is 2.22. The number of rotatable bonds is 4. The van der Waals surface area contributed by atoms with Crippen molar-refractivity contribution in [2.75, 3.05) is 5.73 Å². The summed E-state index contributed by atoms with van der Waals surface area (Å²) in [4.78, 5) is -0.433. The minimum Gasteiger partial charge on any atom is -0.399 e. The number of hydrogen-bond acceptors (Lipinski definition) is 4. The Bertz CT molecular complexity index is 639. The van der Waals surface area contributed by atoms with Crippen LogP contribution in [-0.2, 0) is 16.6 Å². The lowest BCUT2D eigenvalue weighted by molar-refractivity contribution is 0.557. The molecule has 0 saturated carbocycles. The van der Waals surface area contributed by atoms with E-state index in [4.69, 9.17) is 5.73 Å². The number of sulfonamides is 1. The third kappa shape index (κ3) is 2.87. The maximum absolute atomic E-state index is 13.5.